The normalized spacial score (nSPS) is 10.9. The molecular formula is C18H15N5O. The fraction of sp³-hybridized carbons (Fsp3) is 0.0556. The number of imidazole rings is 1. The number of nitrogens with one attached hydrogen (secondary N) is 2. The van der Waals surface area contributed by atoms with Gasteiger partial charge in [0.25, 0.3) is 0 Å². The molecule has 0 unspecified atom stereocenters. The van der Waals surface area contributed by atoms with Crippen LogP contribution < -0.4 is 5.32 Å². The number of carbonyl (C=O) groups is 1. The molecule has 0 saturated heterocycles. The Hall–Kier alpha value is -3.41. The molecule has 0 spiro atoms. The summed E-state index contributed by atoms with van der Waals surface area (Å²) in [5, 5.41) is 7.15. The highest BCUT2D eigenvalue weighted by atomic mass is 16.1. The van der Waals surface area contributed by atoms with Crippen molar-refractivity contribution in [3.63, 3.8) is 0 Å². The first-order valence-electron chi connectivity index (χ1n) is 7.57. The third-order valence-electron chi connectivity index (χ3n) is 3.99. The van der Waals surface area contributed by atoms with Crippen molar-refractivity contribution in [2.75, 3.05) is 5.32 Å². The second kappa shape index (κ2) is 5.66. The van der Waals surface area contributed by atoms with Gasteiger partial charge in [-0.05, 0) is 31.2 Å². The summed E-state index contributed by atoms with van der Waals surface area (Å²) >= 11 is 0. The van der Waals surface area contributed by atoms with E-state index in [4.69, 9.17) is 0 Å². The maximum Gasteiger partial charge on any atom is 0.211 e. The summed E-state index contributed by atoms with van der Waals surface area (Å²) in [6.45, 7) is 2.01. The third kappa shape index (κ3) is 2.25. The van der Waals surface area contributed by atoms with Crippen LogP contribution in [-0.2, 0) is 4.79 Å². The average molecular weight is 317 g/mol. The number of hydrogen-bond acceptors (Lipinski definition) is 3. The van der Waals surface area contributed by atoms with Crippen LogP contribution in [-0.4, -0.2) is 26.2 Å². The monoisotopic (exact) mass is 317 g/mol. The number of aromatic nitrogens is 4. The van der Waals surface area contributed by atoms with Crippen molar-refractivity contribution in [1.82, 2.24) is 19.7 Å². The van der Waals surface area contributed by atoms with E-state index in [-0.39, 0.29) is 0 Å². The molecule has 0 bridgehead atoms. The van der Waals surface area contributed by atoms with Gasteiger partial charge in [-0.15, -0.1) is 0 Å². The van der Waals surface area contributed by atoms with Crippen LogP contribution in [0.5, 0.6) is 0 Å². The van der Waals surface area contributed by atoms with Crippen LogP contribution in [0.4, 0.5) is 5.69 Å². The molecule has 0 aliphatic heterocycles. The van der Waals surface area contributed by atoms with E-state index in [2.05, 4.69) is 20.4 Å². The van der Waals surface area contributed by atoms with Gasteiger partial charge in [0, 0.05) is 0 Å². The number of nitrogens with zero attached hydrogens (tertiary/aromatic N) is 3. The molecule has 2 N–H and O–H groups in total. The van der Waals surface area contributed by atoms with Crippen molar-refractivity contribution in [1.29, 1.82) is 0 Å². The second-order valence-corrected chi connectivity index (χ2v) is 5.44. The largest absolute Gasteiger partial charge is 0.338 e. The minimum Gasteiger partial charge on any atom is -0.338 e. The first-order chi connectivity index (χ1) is 11.8. The molecule has 0 aliphatic carbocycles. The van der Waals surface area contributed by atoms with Crippen LogP contribution >= 0.6 is 0 Å². The van der Waals surface area contributed by atoms with E-state index in [1.165, 1.54) is 0 Å². The lowest BCUT2D eigenvalue weighted by Crippen LogP contribution is -1.98. The quantitative estimate of drug-likeness (QED) is 0.567. The van der Waals surface area contributed by atoms with Gasteiger partial charge in [0.05, 0.1) is 34.3 Å². The zero-order valence-corrected chi connectivity index (χ0v) is 13.0. The lowest BCUT2D eigenvalue weighted by molar-refractivity contribution is -0.105. The summed E-state index contributed by atoms with van der Waals surface area (Å²) < 4.78 is 1.88. The van der Waals surface area contributed by atoms with Gasteiger partial charge in [-0.25, -0.2) is 9.67 Å². The zero-order chi connectivity index (χ0) is 16.5. The molecule has 1 amide bonds. The predicted molar refractivity (Wildman–Crippen MR) is 93.1 cm³/mol. The summed E-state index contributed by atoms with van der Waals surface area (Å²) in [6, 6.07) is 15.6. The van der Waals surface area contributed by atoms with E-state index in [9.17, 15) is 4.79 Å². The number of aromatic amines is 1. The van der Waals surface area contributed by atoms with E-state index in [1.807, 2.05) is 60.1 Å². The van der Waals surface area contributed by atoms with Crippen molar-refractivity contribution < 1.29 is 4.79 Å². The van der Waals surface area contributed by atoms with Crippen LogP contribution in [0.25, 0.3) is 28.1 Å². The van der Waals surface area contributed by atoms with Crippen LogP contribution in [0.15, 0.2) is 54.7 Å². The maximum atomic E-state index is 10.7. The molecule has 4 aromatic rings. The standard InChI is InChI=1S/C18H15N5O/c1-12-14(10-20-23(12)13-6-3-2-4-7-13)18-21-16-9-5-8-15(19-11-24)17(16)22-18/h2-11H,1H3,(H,19,24)(H,21,22). The Labute approximate surface area is 138 Å². The fourth-order valence-electron chi connectivity index (χ4n) is 2.81. The second-order valence-electron chi connectivity index (χ2n) is 5.44. The number of anilines is 1. The summed E-state index contributed by atoms with van der Waals surface area (Å²) in [5.41, 5.74) is 5.19. The van der Waals surface area contributed by atoms with Gasteiger partial charge in [0.15, 0.2) is 0 Å². The predicted octanol–water partition coefficient (Wildman–Crippen LogP) is 3.29. The number of para-hydroxylation sites is 2. The number of carbonyl (C=O) groups excluding carboxylic acids is 1. The highest BCUT2D eigenvalue weighted by Gasteiger charge is 2.14. The third-order valence-corrected chi connectivity index (χ3v) is 3.99. The number of rotatable bonds is 4. The smallest absolute Gasteiger partial charge is 0.211 e. The minimum atomic E-state index is 0.655. The summed E-state index contributed by atoms with van der Waals surface area (Å²) in [7, 11) is 0. The summed E-state index contributed by atoms with van der Waals surface area (Å²) in [5.74, 6) is 0.727. The molecule has 0 atom stereocenters. The number of benzene rings is 2. The van der Waals surface area contributed by atoms with Crippen LogP contribution in [0, 0.1) is 6.92 Å². The summed E-state index contributed by atoms with van der Waals surface area (Å²) in [6.07, 6.45) is 2.45. The van der Waals surface area contributed by atoms with Gasteiger partial charge in [-0.3, -0.25) is 4.79 Å². The molecule has 0 radical (unpaired) electrons. The molecule has 2 aromatic carbocycles. The lowest BCUT2D eigenvalue weighted by Gasteiger charge is -2.04. The molecule has 2 heterocycles. The topological polar surface area (TPSA) is 75.6 Å². The van der Waals surface area contributed by atoms with Gasteiger partial charge < -0.3 is 10.3 Å². The number of H-pyrrole nitrogens is 1. The summed E-state index contributed by atoms with van der Waals surface area (Å²) in [4.78, 5) is 18.7. The van der Waals surface area contributed by atoms with Gasteiger partial charge >= 0.3 is 0 Å². The molecule has 118 valence electrons. The number of hydrogen-bond donors (Lipinski definition) is 2. The number of fused-ring (bicyclic) bond motifs is 1. The van der Waals surface area contributed by atoms with E-state index in [0.29, 0.717) is 12.1 Å². The molecule has 2 aromatic heterocycles. The molecule has 6 nitrogen and oxygen atoms in total. The maximum absolute atomic E-state index is 10.7. The molecular weight excluding hydrogens is 302 g/mol. The Morgan fingerprint density at radius 1 is 1.12 bits per heavy atom. The molecule has 0 saturated carbocycles. The van der Waals surface area contributed by atoms with Crippen molar-refractivity contribution in [2.45, 2.75) is 6.92 Å². The first kappa shape index (κ1) is 14.2. The molecule has 0 aliphatic rings. The lowest BCUT2D eigenvalue weighted by atomic mass is 10.2. The van der Waals surface area contributed by atoms with Gasteiger partial charge in [0.2, 0.25) is 6.41 Å². The molecule has 24 heavy (non-hydrogen) atoms. The first-order valence-corrected chi connectivity index (χ1v) is 7.57. The Bertz CT molecular complexity index is 1020. The van der Waals surface area contributed by atoms with Gasteiger partial charge in [-0.1, -0.05) is 24.3 Å². The fourth-order valence-corrected chi connectivity index (χ4v) is 2.81. The van der Waals surface area contributed by atoms with Crippen molar-refractivity contribution in [2.24, 2.45) is 0 Å². The van der Waals surface area contributed by atoms with E-state index in [0.717, 1.165) is 33.8 Å². The molecule has 4 rings (SSSR count). The Morgan fingerprint density at radius 3 is 2.75 bits per heavy atom. The average Bonchev–Trinajstić information content (AvgIpc) is 3.20. The molecule has 0 fully saturated rings. The van der Waals surface area contributed by atoms with Crippen molar-refractivity contribution in [3.8, 4) is 17.1 Å². The Morgan fingerprint density at radius 2 is 1.96 bits per heavy atom. The highest BCUT2D eigenvalue weighted by molar-refractivity contribution is 5.94. The molecule has 6 heteroatoms. The van der Waals surface area contributed by atoms with E-state index < -0.39 is 0 Å². The van der Waals surface area contributed by atoms with Gasteiger partial charge in [-0.2, -0.15) is 5.10 Å². The van der Waals surface area contributed by atoms with Crippen LogP contribution in [0.1, 0.15) is 5.69 Å². The Balaban J connectivity index is 1.83. The SMILES string of the molecule is Cc1c(-c2nc3c(NC=O)cccc3[nH]2)cnn1-c1ccccc1. The van der Waals surface area contributed by atoms with Gasteiger partial charge in [0.1, 0.15) is 11.3 Å². The minimum absolute atomic E-state index is 0.655. The van der Waals surface area contributed by atoms with Crippen LogP contribution in [0.2, 0.25) is 0 Å². The number of amides is 1. The highest BCUT2D eigenvalue weighted by Crippen LogP contribution is 2.28. The van der Waals surface area contributed by atoms with Crippen molar-refractivity contribution in [3.05, 3.63) is 60.4 Å². The zero-order valence-electron chi connectivity index (χ0n) is 13.0. The van der Waals surface area contributed by atoms with Crippen LogP contribution in [0.3, 0.4) is 0 Å². The van der Waals surface area contributed by atoms with E-state index in [1.54, 1.807) is 6.20 Å². The van der Waals surface area contributed by atoms with Crippen molar-refractivity contribution >= 4 is 23.1 Å². The Kier molecular flexibility index (Phi) is 3.35. The van der Waals surface area contributed by atoms with E-state index >= 15 is 0 Å².